The zero-order chi connectivity index (χ0) is 10.4. The second kappa shape index (κ2) is 4.87. The summed E-state index contributed by atoms with van der Waals surface area (Å²) >= 11 is 0. The third kappa shape index (κ3) is 3.59. The van der Waals surface area contributed by atoms with Crippen molar-refractivity contribution < 1.29 is 14.3 Å². The van der Waals surface area contributed by atoms with E-state index in [1.807, 2.05) is 5.92 Å². The highest BCUT2D eigenvalue weighted by Crippen LogP contribution is 2.07. The molecule has 0 aliphatic heterocycles. The third-order valence-electron chi connectivity index (χ3n) is 1.40. The molecule has 1 aromatic rings. The molecule has 0 spiro atoms. The van der Waals surface area contributed by atoms with Crippen molar-refractivity contribution in [2.75, 3.05) is 11.9 Å². The van der Waals surface area contributed by atoms with Crippen molar-refractivity contribution in [2.45, 2.75) is 0 Å². The van der Waals surface area contributed by atoms with Crippen LogP contribution in [0.1, 0.15) is 0 Å². The molecule has 14 heavy (non-hydrogen) atoms. The molecular formula is C10H8FNO2. The first-order valence-corrected chi connectivity index (χ1v) is 3.90. The number of nitrogens with one attached hydrogen (secondary N) is 1. The molecule has 0 saturated carbocycles. The minimum atomic E-state index is -1.17. The third-order valence-corrected chi connectivity index (χ3v) is 1.40. The molecule has 2 N–H and O–H groups in total. The molecule has 1 aromatic carbocycles. The largest absolute Gasteiger partial charge is 0.472 e. The van der Waals surface area contributed by atoms with Crippen molar-refractivity contribution in [3.63, 3.8) is 0 Å². The molecular weight excluding hydrogens is 185 g/mol. The molecule has 0 fully saturated rings. The van der Waals surface area contributed by atoms with Gasteiger partial charge < -0.3 is 10.4 Å². The zero-order valence-corrected chi connectivity index (χ0v) is 7.25. The smallest absolute Gasteiger partial charge is 0.381 e. The first-order chi connectivity index (χ1) is 6.68. The number of carbonyl (C=O) groups is 1. The average Bonchev–Trinajstić information content (AvgIpc) is 2.12. The first kappa shape index (κ1) is 10.1. The normalized spacial score (nSPS) is 8.64. The molecule has 0 radical (unpaired) electrons. The lowest BCUT2D eigenvalue weighted by atomic mass is 10.3. The fraction of sp³-hybridized carbons (Fsp3) is 0.100. The van der Waals surface area contributed by atoms with Crippen LogP contribution in [0.2, 0.25) is 0 Å². The molecule has 1 rings (SSSR count). The summed E-state index contributed by atoms with van der Waals surface area (Å²) < 4.78 is 12.6. The standard InChI is InChI=1S/C10H8FNO2/c11-8-3-1-4-9(7-8)12-6-2-5-10(13)14/h1,3-4,7,12H,6H2,(H,13,14). The molecule has 0 amide bonds. The Kier molecular flexibility index (Phi) is 3.50. The number of anilines is 1. The summed E-state index contributed by atoms with van der Waals surface area (Å²) in [5, 5.41) is 11.0. The van der Waals surface area contributed by atoms with Gasteiger partial charge in [0.1, 0.15) is 5.82 Å². The van der Waals surface area contributed by atoms with Gasteiger partial charge in [-0.05, 0) is 18.2 Å². The van der Waals surface area contributed by atoms with E-state index < -0.39 is 5.97 Å². The quantitative estimate of drug-likeness (QED) is 0.696. The fourth-order valence-electron chi connectivity index (χ4n) is 0.865. The molecule has 0 atom stereocenters. The van der Waals surface area contributed by atoms with Crippen molar-refractivity contribution in [2.24, 2.45) is 0 Å². The van der Waals surface area contributed by atoms with Gasteiger partial charge in [0, 0.05) is 11.6 Å². The maximum Gasteiger partial charge on any atom is 0.381 e. The predicted octanol–water partition coefficient (Wildman–Crippen LogP) is 1.33. The molecule has 72 valence electrons. The van der Waals surface area contributed by atoms with E-state index in [4.69, 9.17) is 5.11 Å². The van der Waals surface area contributed by atoms with Crippen molar-refractivity contribution >= 4 is 11.7 Å². The van der Waals surface area contributed by atoms with Gasteiger partial charge in [-0.1, -0.05) is 12.0 Å². The lowest BCUT2D eigenvalue weighted by molar-refractivity contribution is -0.130. The lowest BCUT2D eigenvalue weighted by Crippen LogP contribution is -1.99. The van der Waals surface area contributed by atoms with Crippen LogP contribution in [0.25, 0.3) is 0 Å². The Balaban J connectivity index is 2.47. The highest BCUT2D eigenvalue weighted by Gasteiger charge is 1.91. The Bertz CT molecular complexity index is 393. The Morgan fingerprint density at radius 2 is 2.36 bits per heavy atom. The maximum absolute atomic E-state index is 12.6. The summed E-state index contributed by atoms with van der Waals surface area (Å²) in [6.45, 7) is 0.176. The number of carboxylic acids is 1. The lowest BCUT2D eigenvalue weighted by Gasteiger charge is -2.00. The van der Waals surface area contributed by atoms with Crippen LogP contribution in [0, 0.1) is 17.7 Å². The van der Waals surface area contributed by atoms with Crippen LogP contribution in [0.3, 0.4) is 0 Å². The van der Waals surface area contributed by atoms with Gasteiger partial charge in [0.15, 0.2) is 0 Å². The highest BCUT2D eigenvalue weighted by atomic mass is 19.1. The van der Waals surface area contributed by atoms with Crippen molar-refractivity contribution in [3.05, 3.63) is 30.1 Å². The van der Waals surface area contributed by atoms with E-state index in [2.05, 4.69) is 11.2 Å². The van der Waals surface area contributed by atoms with Gasteiger partial charge in [0.2, 0.25) is 0 Å². The van der Waals surface area contributed by atoms with Crippen molar-refractivity contribution in [3.8, 4) is 11.8 Å². The topological polar surface area (TPSA) is 49.3 Å². The van der Waals surface area contributed by atoms with Crippen LogP contribution in [0.5, 0.6) is 0 Å². The first-order valence-electron chi connectivity index (χ1n) is 3.90. The van der Waals surface area contributed by atoms with Crippen LogP contribution in [-0.4, -0.2) is 17.6 Å². The van der Waals surface area contributed by atoms with E-state index in [0.29, 0.717) is 5.69 Å². The fourth-order valence-corrected chi connectivity index (χ4v) is 0.865. The Labute approximate surface area is 80.6 Å². The predicted molar refractivity (Wildman–Crippen MR) is 50.3 cm³/mol. The Morgan fingerprint density at radius 3 is 3.00 bits per heavy atom. The van der Waals surface area contributed by atoms with Gasteiger partial charge in [-0.2, -0.15) is 0 Å². The molecule has 0 bridgehead atoms. The van der Waals surface area contributed by atoms with Crippen molar-refractivity contribution in [1.29, 1.82) is 0 Å². The summed E-state index contributed by atoms with van der Waals surface area (Å²) in [6.07, 6.45) is 0. The van der Waals surface area contributed by atoms with Crippen LogP contribution in [-0.2, 0) is 4.79 Å². The number of benzene rings is 1. The van der Waals surface area contributed by atoms with Gasteiger partial charge >= 0.3 is 5.97 Å². The molecule has 0 saturated heterocycles. The minimum Gasteiger partial charge on any atom is -0.472 e. The van der Waals surface area contributed by atoms with Gasteiger partial charge in [-0.25, -0.2) is 9.18 Å². The van der Waals surface area contributed by atoms with E-state index in [9.17, 15) is 9.18 Å². The number of halogens is 1. The van der Waals surface area contributed by atoms with E-state index in [1.165, 1.54) is 12.1 Å². The van der Waals surface area contributed by atoms with Crippen LogP contribution < -0.4 is 5.32 Å². The number of hydrogen-bond acceptors (Lipinski definition) is 2. The monoisotopic (exact) mass is 193 g/mol. The molecule has 4 heteroatoms. The Hall–Kier alpha value is -2.02. The second-order valence-electron chi connectivity index (χ2n) is 2.47. The summed E-state index contributed by atoms with van der Waals surface area (Å²) in [4.78, 5) is 10.0. The molecule has 0 unspecified atom stereocenters. The van der Waals surface area contributed by atoms with E-state index in [-0.39, 0.29) is 12.4 Å². The second-order valence-corrected chi connectivity index (χ2v) is 2.47. The molecule has 0 aromatic heterocycles. The summed E-state index contributed by atoms with van der Waals surface area (Å²) in [6, 6.07) is 5.87. The summed E-state index contributed by atoms with van der Waals surface area (Å²) in [5.74, 6) is 2.79. The molecule has 0 aliphatic rings. The maximum atomic E-state index is 12.6. The summed E-state index contributed by atoms with van der Waals surface area (Å²) in [7, 11) is 0. The van der Waals surface area contributed by atoms with E-state index >= 15 is 0 Å². The van der Waals surface area contributed by atoms with E-state index in [1.54, 1.807) is 12.1 Å². The average molecular weight is 193 g/mol. The molecule has 0 heterocycles. The SMILES string of the molecule is O=C(O)C#CCNc1cccc(F)c1. The highest BCUT2D eigenvalue weighted by molar-refractivity contribution is 5.86. The number of aliphatic carboxylic acids is 1. The number of carboxylic acid groups (broad SMARTS) is 1. The van der Waals surface area contributed by atoms with Gasteiger partial charge in [-0.3, -0.25) is 0 Å². The number of hydrogen-bond donors (Lipinski definition) is 2. The Morgan fingerprint density at radius 1 is 1.57 bits per heavy atom. The van der Waals surface area contributed by atoms with E-state index in [0.717, 1.165) is 0 Å². The minimum absolute atomic E-state index is 0.176. The zero-order valence-electron chi connectivity index (χ0n) is 7.25. The van der Waals surface area contributed by atoms with Gasteiger partial charge in [0.05, 0.1) is 6.54 Å². The molecule has 0 aliphatic carbocycles. The number of rotatable bonds is 2. The van der Waals surface area contributed by atoms with Crippen LogP contribution >= 0.6 is 0 Å². The van der Waals surface area contributed by atoms with Crippen LogP contribution in [0.15, 0.2) is 24.3 Å². The summed E-state index contributed by atoms with van der Waals surface area (Å²) in [5.41, 5.74) is 0.574. The van der Waals surface area contributed by atoms with Gasteiger partial charge in [-0.15, -0.1) is 0 Å². The van der Waals surface area contributed by atoms with Crippen molar-refractivity contribution in [1.82, 2.24) is 0 Å². The molecule has 3 nitrogen and oxygen atoms in total. The van der Waals surface area contributed by atoms with Gasteiger partial charge in [0.25, 0.3) is 0 Å². The van der Waals surface area contributed by atoms with Crippen LogP contribution in [0.4, 0.5) is 10.1 Å².